The van der Waals surface area contributed by atoms with Crippen LogP contribution in [0, 0.1) is 0 Å². The molecule has 0 saturated heterocycles. The van der Waals surface area contributed by atoms with Crippen LogP contribution >= 0.6 is 0 Å². The number of aliphatic hydroxyl groups is 1. The molecule has 0 aliphatic heterocycles. The highest BCUT2D eigenvalue weighted by Crippen LogP contribution is 1.98. The lowest BCUT2D eigenvalue weighted by Gasteiger charge is -2.19. The molecule has 0 spiro atoms. The summed E-state index contributed by atoms with van der Waals surface area (Å²) >= 11 is 0. The Morgan fingerprint density at radius 2 is 2.00 bits per heavy atom. The number of rotatable bonds is 3. The molecule has 0 fully saturated rings. The summed E-state index contributed by atoms with van der Waals surface area (Å²) in [6.45, 7) is 2.43. The van der Waals surface area contributed by atoms with E-state index >= 15 is 0 Å². The van der Waals surface area contributed by atoms with Gasteiger partial charge in [-0.25, -0.2) is 0 Å². The average molecular weight is 132 g/mol. The lowest BCUT2D eigenvalue weighted by atomic mass is 10.2. The molecule has 9 heavy (non-hydrogen) atoms. The maximum Gasteiger partial charge on any atom is 0.111 e. The Morgan fingerprint density at radius 1 is 1.56 bits per heavy atom. The lowest BCUT2D eigenvalue weighted by molar-refractivity contribution is 0.0506. The minimum absolute atomic E-state index is 0.611. The summed E-state index contributed by atoms with van der Waals surface area (Å²) in [5, 5.41) is 9.02. The Kier molecular flexibility index (Phi) is 3.11. The standard InChI is InChI=1S/C6H16N2O/c1-6(7,9)4-5-8(2)3/h9H,4-5,7H2,1-3H3. The molecule has 0 aliphatic carbocycles. The molecule has 0 radical (unpaired) electrons. The van der Waals surface area contributed by atoms with Crippen molar-refractivity contribution in [3.05, 3.63) is 0 Å². The van der Waals surface area contributed by atoms with Gasteiger partial charge in [0.05, 0.1) is 0 Å². The van der Waals surface area contributed by atoms with Gasteiger partial charge < -0.3 is 15.7 Å². The van der Waals surface area contributed by atoms with E-state index in [1.807, 2.05) is 19.0 Å². The van der Waals surface area contributed by atoms with E-state index in [2.05, 4.69) is 0 Å². The second-order valence-electron chi connectivity index (χ2n) is 2.91. The molecule has 0 heterocycles. The van der Waals surface area contributed by atoms with Crippen LogP contribution in [-0.4, -0.2) is 36.4 Å². The summed E-state index contributed by atoms with van der Waals surface area (Å²) in [7, 11) is 3.90. The van der Waals surface area contributed by atoms with Gasteiger partial charge in [0.15, 0.2) is 0 Å². The molecule has 0 bridgehead atoms. The van der Waals surface area contributed by atoms with E-state index in [0.29, 0.717) is 6.42 Å². The monoisotopic (exact) mass is 132 g/mol. The number of nitrogens with two attached hydrogens (primary N) is 1. The zero-order chi connectivity index (χ0) is 7.49. The third kappa shape index (κ3) is 7.88. The highest BCUT2D eigenvalue weighted by molar-refractivity contribution is 4.63. The van der Waals surface area contributed by atoms with Crippen molar-refractivity contribution in [2.75, 3.05) is 20.6 Å². The molecular weight excluding hydrogens is 116 g/mol. The molecule has 0 rings (SSSR count). The topological polar surface area (TPSA) is 49.5 Å². The fraction of sp³-hybridized carbons (Fsp3) is 1.00. The van der Waals surface area contributed by atoms with Crippen molar-refractivity contribution in [3.63, 3.8) is 0 Å². The molecule has 3 heteroatoms. The first-order chi connectivity index (χ1) is 3.92. The van der Waals surface area contributed by atoms with Crippen LogP contribution in [0.5, 0.6) is 0 Å². The second-order valence-corrected chi connectivity index (χ2v) is 2.91. The van der Waals surface area contributed by atoms with Gasteiger partial charge in [-0.2, -0.15) is 0 Å². The van der Waals surface area contributed by atoms with Gasteiger partial charge >= 0.3 is 0 Å². The Bertz CT molecular complexity index is 75.6. The first-order valence-electron chi connectivity index (χ1n) is 3.08. The van der Waals surface area contributed by atoms with Crippen molar-refractivity contribution in [3.8, 4) is 0 Å². The van der Waals surface area contributed by atoms with Gasteiger partial charge in [-0.05, 0) is 21.0 Å². The molecule has 3 nitrogen and oxygen atoms in total. The summed E-state index contributed by atoms with van der Waals surface area (Å²) in [5.74, 6) is 0. The zero-order valence-corrected chi connectivity index (χ0v) is 6.39. The largest absolute Gasteiger partial charge is 0.376 e. The van der Waals surface area contributed by atoms with Crippen LogP contribution in [0.2, 0.25) is 0 Å². The second kappa shape index (κ2) is 3.15. The molecule has 0 aliphatic rings. The Labute approximate surface area is 56.5 Å². The van der Waals surface area contributed by atoms with E-state index < -0.39 is 5.72 Å². The Hall–Kier alpha value is -0.120. The highest BCUT2D eigenvalue weighted by Gasteiger charge is 2.11. The van der Waals surface area contributed by atoms with E-state index in [9.17, 15) is 0 Å². The fourth-order valence-electron chi connectivity index (χ4n) is 0.450. The van der Waals surface area contributed by atoms with Crippen molar-refractivity contribution < 1.29 is 5.11 Å². The van der Waals surface area contributed by atoms with Crippen molar-refractivity contribution in [2.45, 2.75) is 19.1 Å². The number of hydrogen-bond donors (Lipinski definition) is 2. The van der Waals surface area contributed by atoms with Gasteiger partial charge in [0.2, 0.25) is 0 Å². The smallest absolute Gasteiger partial charge is 0.111 e. The molecule has 0 saturated carbocycles. The number of nitrogens with zero attached hydrogens (tertiary/aromatic N) is 1. The van der Waals surface area contributed by atoms with Gasteiger partial charge in [0.1, 0.15) is 5.72 Å². The van der Waals surface area contributed by atoms with Gasteiger partial charge in [0, 0.05) is 13.0 Å². The van der Waals surface area contributed by atoms with E-state index in [0.717, 1.165) is 6.54 Å². The van der Waals surface area contributed by atoms with Crippen molar-refractivity contribution in [1.82, 2.24) is 4.90 Å². The van der Waals surface area contributed by atoms with Gasteiger partial charge in [0.25, 0.3) is 0 Å². The summed E-state index contributed by atoms with van der Waals surface area (Å²) in [6.07, 6.45) is 0.611. The summed E-state index contributed by atoms with van der Waals surface area (Å²) in [4.78, 5) is 1.99. The van der Waals surface area contributed by atoms with Crippen molar-refractivity contribution in [2.24, 2.45) is 5.73 Å². The molecule has 0 aromatic rings. The fourth-order valence-corrected chi connectivity index (χ4v) is 0.450. The predicted octanol–water partition coefficient (Wildman–Crippen LogP) is -0.395. The molecular formula is C6H16N2O. The van der Waals surface area contributed by atoms with Crippen LogP contribution in [0.25, 0.3) is 0 Å². The molecule has 3 N–H and O–H groups in total. The maximum absolute atomic E-state index is 9.02. The van der Waals surface area contributed by atoms with Crippen molar-refractivity contribution >= 4 is 0 Å². The molecule has 1 atom stereocenters. The predicted molar refractivity (Wildman–Crippen MR) is 38.0 cm³/mol. The lowest BCUT2D eigenvalue weighted by Crippen LogP contribution is -2.38. The van der Waals surface area contributed by atoms with Crippen molar-refractivity contribution in [1.29, 1.82) is 0 Å². The van der Waals surface area contributed by atoms with Crippen LogP contribution in [0.3, 0.4) is 0 Å². The third-order valence-corrected chi connectivity index (χ3v) is 1.07. The summed E-state index contributed by atoms with van der Waals surface area (Å²) in [5.41, 5.74) is 4.30. The SMILES string of the molecule is CN(C)CCC(C)(N)O. The maximum atomic E-state index is 9.02. The Balaban J connectivity index is 3.28. The molecule has 1 unspecified atom stereocenters. The van der Waals surface area contributed by atoms with Gasteiger partial charge in [-0.3, -0.25) is 0 Å². The van der Waals surface area contributed by atoms with Crippen LogP contribution < -0.4 is 5.73 Å². The third-order valence-electron chi connectivity index (χ3n) is 1.07. The molecule has 0 aromatic carbocycles. The van der Waals surface area contributed by atoms with Gasteiger partial charge in [-0.1, -0.05) is 0 Å². The van der Waals surface area contributed by atoms with Crippen LogP contribution in [0.4, 0.5) is 0 Å². The molecule has 0 amide bonds. The van der Waals surface area contributed by atoms with Crippen LogP contribution in [-0.2, 0) is 0 Å². The minimum atomic E-state index is -1.01. The highest BCUT2D eigenvalue weighted by atomic mass is 16.3. The van der Waals surface area contributed by atoms with E-state index in [4.69, 9.17) is 10.8 Å². The Morgan fingerprint density at radius 3 is 2.11 bits per heavy atom. The first-order valence-corrected chi connectivity index (χ1v) is 3.08. The zero-order valence-electron chi connectivity index (χ0n) is 6.39. The number of hydrogen-bond acceptors (Lipinski definition) is 3. The first kappa shape index (κ1) is 8.88. The average Bonchev–Trinajstić information content (AvgIpc) is 1.59. The van der Waals surface area contributed by atoms with E-state index in [1.165, 1.54) is 0 Å². The molecule has 0 aromatic heterocycles. The normalized spacial score (nSPS) is 18.0. The van der Waals surface area contributed by atoms with Crippen LogP contribution in [0.1, 0.15) is 13.3 Å². The van der Waals surface area contributed by atoms with Gasteiger partial charge in [-0.15, -0.1) is 0 Å². The van der Waals surface area contributed by atoms with E-state index in [1.54, 1.807) is 6.92 Å². The minimum Gasteiger partial charge on any atom is -0.376 e. The van der Waals surface area contributed by atoms with Crippen LogP contribution in [0.15, 0.2) is 0 Å². The summed E-state index contributed by atoms with van der Waals surface area (Å²) < 4.78 is 0. The van der Waals surface area contributed by atoms with E-state index in [-0.39, 0.29) is 0 Å². The molecule has 56 valence electrons. The summed E-state index contributed by atoms with van der Waals surface area (Å²) in [6, 6.07) is 0. The quantitative estimate of drug-likeness (QED) is 0.514.